The van der Waals surface area contributed by atoms with Crippen LogP contribution in [0.25, 0.3) is 0 Å². The Balaban J connectivity index is 1.81. The third-order valence-corrected chi connectivity index (χ3v) is 3.39. The second-order valence-electron chi connectivity index (χ2n) is 4.80. The molecule has 0 spiro atoms. The molecule has 1 aromatic heterocycles. The Morgan fingerprint density at radius 3 is 2.88 bits per heavy atom. The Labute approximate surface area is 95.5 Å². The van der Waals surface area contributed by atoms with Gasteiger partial charge in [0.05, 0.1) is 6.33 Å². The van der Waals surface area contributed by atoms with Crippen molar-refractivity contribution in [2.75, 3.05) is 11.9 Å². The summed E-state index contributed by atoms with van der Waals surface area (Å²) in [7, 11) is 0. The van der Waals surface area contributed by atoms with Crippen LogP contribution >= 0.6 is 0 Å². The predicted octanol–water partition coefficient (Wildman–Crippen LogP) is 2.01. The summed E-state index contributed by atoms with van der Waals surface area (Å²) in [4.78, 5) is 17.6. The van der Waals surface area contributed by atoms with Crippen molar-refractivity contribution in [2.45, 2.75) is 32.6 Å². The van der Waals surface area contributed by atoms with Crippen LogP contribution in [-0.4, -0.2) is 16.5 Å². The van der Waals surface area contributed by atoms with E-state index in [-0.39, 0.29) is 5.56 Å². The van der Waals surface area contributed by atoms with Gasteiger partial charge in [0, 0.05) is 12.6 Å². The Morgan fingerprint density at radius 1 is 1.44 bits per heavy atom. The van der Waals surface area contributed by atoms with E-state index in [4.69, 9.17) is 0 Å². The molecule has 0 atom stereocenters. The van der Waals surface area contributed by atoms with Crippen LogP contribution in [0, 0.1) is 11.8 Å². The van der Waals surface area contributed by atoms with Gasteiger partial charge in [-0.1, -0.05) is 19.8 Å². The Hall–Kier alpha value is -1.32. The number of nitrogens with one attached hydrogen (secondary N) is 2. The first-order valence-corrected chi connectivity index (χ1v) is 6.02. The maximum atomic E-state index is 11.0. The zero-order valence-corrected chi connectivity index (χ0v) is 9.70. The van der Waals surface area contributed by atoms with Crippen molar-refractivity contribution in [3.05, 3.63) is 22.7 Å². The van der Waals surface area contributed by atoms with Gasteiger partial charge in [-0.3, -0.25) is 4.79 Å². The fraction of sp³-hybridized carbons (Fsp3) is 0.667. The van der Waals surface area contributed by atoms with E-state index in [0.717, 1.165) is 18.4 Å². The van der Waals surface area contributed by atoms with Crippen LogP contribution in [-0.2, 0) is 0 Å². The van der Waals surface area contributed by atoms with Gasteiger partial charge >= 0.3 is 0 Å². The van der Waals surface area contributed by atoms with Gasteiger partial charge in [-0.05, 0) is 24.7 Å². The van der Waals surface area contributed by atoms with Crippen LogP contribution in [0.15, 0.2) is 17.2 Å². The van der Waals surface area contributed by atoms with Gasteiger partial charge in [0.25, 0.3) is 5.56 Å². The van der Waals surface area contributed by atoms with Gasteiger partial charge in [-0.15, -0.1) is 0 Å². The lowest BCUT2D eigenvalue weighted by Gasteiger charge is -2.26. The largest absolute Gasteiger partial charge is 0.370 e. The van der Waals surface area contributed by atoms with Crippen molar-refractivity contribution in [3.63, 3.8) is 0 Å². The highest BCUT2D eigenvalue weighted by atomic mass is 16.1. The monoisotopic (exact) mass is 221 g/mol. The first kappa shape index (κ1) is 11.2. The van der Waals surface area contributed by atoms with E-state index in [0.29, 0.717) is 5.82 Å². The Morgan fingerprint density at radius 2 is 2.19 bits per heavy atom. The minimum atomic E-state index is -0.102. The zero-order valence-electron chi connectivity index (χ0n) is 9.70. The number of rotatable bonds is 3. The molecule has 16 heavy (non-hydrogen) atoms. The number of nitrogens with zero attached hydrogens (tertiary/aromatic N) is 1. The maximum absolute atomic E-state index is 11.0. The van der Waals surface area contributed by atoms with Crippen LogP contribution in [0.3, 0.4) is 0 Å². The van der Waals surface area contributed by atoms with Gasteiger partial charge < -0.3 is 10.3 Å². The van der Waals surface area contributed by atoms with Crippen molar-refractivity contribution in [2.24, 2.45) is 11.8 Å². The molecule has 0 unspecified atom stereocenters. The van der Waals surface area contributed by atoms with E-state index < -0.39 is 0 Å². The third-order valence-electron chi connectivity index (χ3n) is 3.39. The van der Waals surface area contributed by atoms with Crippen LogP contribution in [0.4, 0.5) is 5.82 Å². The summed E-state index contributed by atoms with van der Waals surface area (Å²) in [5, 5.41) is 3.24. The van der Waals surface area contributed by atoms with E-state index >= 15 is 0 Å². The van der Waals surface area contributed by atoms with E-state index in [2.05, 4.69) is 22.2 Å². The molecule has 1 heterocycles. The van der Waals surface area contributed by atoms with Gasteiger partial charge in [0.1, 0.15) is 5.82 Å². The molecular formula is C12H19N3O. The van der Waals surface area contributed by atoms with E-state index in [1.165, 1.54) is 38.1 Å². The average Bonchev–Trinajstić information content (AvgIpc) is 2.28. The topological polar surface area (TPSA) is 57.8 Å². The summed E-state index contributed by atoms with van der Waals surface area (Å²) >= 11 is 0. The van der Waals surface area contributed by atoms with Crippen LogP contribution < -0.4 is 10.9 Å². The normalized spacial score (nSPS) is 25.3. The first-order chi connectivity index (χ1) is 7.74. The number of hydrogen-bond acceptors (Lipinski definition) is 3. The van der Waals surface area contributed by atoms with Crippen LogP contribution in [0.1, 0.15) is 32.6 Å². The number of anilines is 1. The quantitative estimate of drug-likeness (QED) is 0.820. The molecule has 2 N–H and O–H groups in total. The molecule has 0 radical (unpaired) electrons. The molecule has 88 valence electrons. The SMILES string of the molecule is CC1CCC(CNc2cc(=O)[nH]cn2)CC1. The highest BCUT2D eigenvalue weighted by molar-refractivity contribution is 5.31. The number of H-pyrrole nitrogens is 1. The summed E-state index contributed by atoms with van der Waals surface area (Å²) in [6.45, 7) is 3.26. The standard InChI is InChI=1S/C12H19N3O/c1-9-2-4-10(5-3-9)7-13-11-6-12(16)15-8-14-11/h6,8-10H,2-5,7H2,1H3,(H2,13,14,15,16). The molecule has 4 heteroatoms. The van der Waals surface area contributed by atoms with E-state index in [1.54, 1.807) is 0 Å². The fourth-order valence-electron chi connectivity index (χ4n) is 2.25. The lowest BCUT2D eigenvalue weighted by atomic mass is 9.83. The lowest BCUT2D eigenvalue weighted by molar-refractivity contribution is 0.300. The molecule has 2 rings (SSSR count). The molecule has 4 nitrogen and oxygen atoms in total. The van der Waals surface area contributed by atoms with Crippen molar-refractivity contribution < 1.29 is 0 Å². The molecule has 1 fully saturated rings. The summed E-state index contributed by atoms with van der Waals surface area (Å²) in [5.41, 5.74) is -0.102. The lowest BCUT2D eigenvalue weighted by Crippen LogP contribution is -2.21. The minimum Gasteiger partial charge on any atom is -0.370 e. The molecule has 0 aliphatic heterocycles. The maximum Gasteiger partial charge on any atom is 0.252 e. The zero-order chi connectivity index (χ0) is 11.4. The highest BCUT2D eigenvalue weighted by Gasteiger charge is 2.17. The van der Waals surface area contributed by atoms with Gasteiger partial charge in [-0.25, -0.2) is 4.98 Å². The van der Waals surface area contributed by atoms with Crippen LogP contribution in [0.5, 0.6) is 0 Å². The van der Waals surface area contributed by atoms with E-state index in [9.17, 15) is 4.79 Å². The third kappa shape index (κ3) is 3.08. The molecule has 1 saturated carbocycles. The summed E-state index contributed by atoms with van der Waals surface area (Å²) in [5.74, 6) is 2.30. The number of aromatic amines is 1. The summed E-state index contributed by atoms with van der Waals surface area (Å²) in [6, 6.07) is 1.51. The number of hydrogen-bond donors (Lipinski definition) is 2. The van der Waals surface area contributed by atoms with Crippen molar-refractivity contribution in [3.8, 4) is 0 Å². The van der Waals surface area contributed by atoms with Crippen LogP contribution in [0.2, 0.25) is 0 Å². The fourth-order valence-corrected chi connectivity index (χ4v) is 2.25. The minimum absolute atomic E-state index is 0.102. The van der Waals surface area contributed by atoms with Gasteiger partial charge in [0.15, 0.2) is 0 Å². The summed E-state index contributed by atoms with van der Waals surface area (Å²) in [6.07, 6.45) is 6.67. The van der Waals surface area contributed by atoms with Crippen molar-refractivity contribution >= 4 is 5.82 Å². The molecule has 0 amide bonds. The molecule has 0 aromatic carbocycles. The Kier molecular flexibility index (Phi) is 3.59. The number of aromatic nitrogens is 2. The second kappa shape index (κ2) is 5.14. The molecule has 1 aliphatic rings. The van der Waals surface area contributed by atoms with Gasteiger partial charge in [-0.2, -0.15) is 0 Å². The molecule has 0 bridgehead atoms. The molecule has 1 aromatic rings. The van der Waals surface area contributed by atoms with E-state index in [1.807, 2.05) is 0 Å². The summed E-state index contributed by atoms with van der Waals surface area (Å²) < 4.78 is 0. The average molecular weight is 221 g/mol. The molecule has 0 saturated heterocycles. The van der Waals surface area contributed by atoms with Gasteiger partial charge in [0.2, 0.25) is 0 Å². The smallest absolute Gasteiger partial charge is 0.252 e. The highest BCUT2D eigenvalue weighted by Crippen LogP contribution is 2.28. The predicted molar refractivity (Wildman–Crippen MR) is 64.5 cm³/mol. The molecule has 1 aliphatic carbocycles. The second-order valence-corrected chi connectivity index (χ2v) is 4.80. The molecular weight excluding hydrogens is 202 g/mol. The van der Waals surface area contributed by atoms with Crippen molar-refractivity contribution in [1.82, 2.24) is 9.97 Å². The Bertz CT molecular complexity index is 380. The first-order valence-electron chi connectivity index (χ1n) is 6.02. The van der Waals surface area contributed by atoms with Crippen molar-refractivity contribution in [1.29, 1.82) is 0 Å².